The molecule has 1 saturated heterocycles. The van der Waals surface area contributed by atoms with Crippen molar-refractivity contribution in [3.05, 3.63) is 12.7 Å². The summed E-state index contributed by atoms with van der Waals surface area (Å²) >= 11 is 0. The summed E-state index contributed by atoms with van der Waals surface area (Å²) in [5, 5.41) is 3.38. The van der Waals surface area contributed by atoms with Gasteiger partial charge in [-0.3, -0.25) is 4.90 Å². The topological polar surface area (TPSA) is 18.5 Å². The summed E-state index contributed by atoms with van der Waals surface area (Å²) in [5.41, 5.74) is 0. The number of rotatable bonds is 6. The average molecular weight is 211 g/mol. The highest BCUT2D eigenvalue weighted by molar-refractivity contribution is 4.78. The average Bonchev–Trinajstić information content (AvgIpc) is 2.29. The molecule has 0 aromatic carbocycles. The van der Waals surface area contributed by atoms with Crippen LogP contribution in [0.5, 0.6) is 0 Å². The minimum absolute atomic E-state index is 0.643. The molecule has 1 heterocycles. The molecule has 0 amide bonds. The van der Waals surface area contributed by atoms with Gasteiger partial charge in [0.15, 0.2) is 0 Å². The summed E-state index contributed by atoms with van der Waals surface area (Å²) < 4.78 is 0. The highest BCUT2D eigenvalue weighted by Gasteiger charge is 2.19. The molecule has 1 N–H and O–H groups in total. The largest absolute Gasteiger partial charge is 0.312 e. The zero-order chi connectivity index (χ0) is 11.1. The Hall–Kier alpha value is -0.380. The summed E-state index contributed by atoms with van der Waals surface area (Å²) in [6.07, 6.45) is 1.92. The molecule has 1 rings (SSSR count). The lowest BCUT2D eigenvalue weighted by Gasteiger charge is -2.37. The maximum absolute atomic E-state index is 3.71. The van der Waals surface area contributed by atoms with E-state index in [0.717, 1.165) is 13.1 Å². The number of nitrogens with zero attached hydrogens (tertiary/aromatic N) is 2. The van der Waals surface area contributed by atoms with Crippen molar-refractivity contribution in [2.45, 2.75) is 19.9 Å². The van der Waals surface area contributed by atoms with Crippen molar-refractivity contribution in [3.8, 4) is 0 Å². The lowest BCUT2D eigenvalue weighted by atomic mass is 10.2. The lowest BCUT2D eigenvalue weighted by molar-refractivity contribution is 0.106. The van der Waals surface area contributed by atoms with Gasteiger partial charge < -0.3 is 10.2 Å². The quantitative estimate of drug-likeness (QED) is 0.517. The minimum atomic E-state index is 0.643. The molecule has 3 heteroatoms. The van der Waals surface area contributed by atoms with Crippen molar-refractivity contribution in [2.75, 3.05) is 45.8 Å². The molecule has 1 unspecified atom stereocenters. The normalized spacial score (nSPS) is 21.5. The monoisotopic (exact) mass is 211 g/mol. The molecule has 0 aromatic heterocycles. The van der Waals surface area contributed by atoms with Gasteiger partial charge in [-0.1, -0.05) is 13.0 Å². The second-order valence-electron chi connectivity index (χ2n) is 4.27. The van der Waals surface area contributed by atoms with Crippen LogP contribution in [0.1, 0.15) is 13.8 Å². The first kappa shape index (κ1) is 12.7. The standard InChI is InChI=1S/C12H25N3/c1-4-6-13-11-12(3)15-9-7-14(5-2)8-10-15/h4,12-13H,1,5-11H2,2-3H3. The fourth-order valence-corrected chi connectivity index (χ4v) is 2.04. The van der Waals surface area contributed by atoms with Crippen LogP contribution in [0.15, 0.2) is 12.7 Å². The molecular formula is C12H25N3. The number of nitrogens with one attached hydrogen (secondary N) is 1. The van der Waals surface area contributed by atoms with Crippen LogP contribution in [0.3, 0.4) is 0 Å². The van der Waals surface area contributed by atoms with Crippen LogP contribution in [0, 0.1) is 0 Å². The molecule has 0 aromatic rings. The van der Waals surface area contributed by atoms with Gasteiger partial charge in [0.2, 0.25) is 0 Å². The summed E-state index contributed by atoms with van der Waals surface area (Å²) in [5.74, 6) is 0. The van der Waals surface area contributed by atoms with Gasteiger partial charge in [-0.2, -0.15) is 0 Å². The van der Waals surface area contributed by atoms with E-state index in [1.165, 1.54) is 32.7 Å². The second kappa shape index (κ2) is 6.99. The van der Waals surface area contributed by atoms with Crippen LogP contribution < -0.4 is 5.32 Å². The Morgan fingerprint density at radius 1 is 1.33 bits per heavy atom. The van der Waals surface area contributed by atoms with E-state index in [9.17, 15) is 0 Å². The van der Waals surface area contributed by atoms with Crippen molar-refractivity contribution >= 4 is 0 Å². The molecule has 1 aliphatic rings. The van der Waals surface area contributed by atoms with E-state index in [1.54, 1.807) is 0 Å². The first-order valence-corrected chi connectivity index (χ1v) is 6.06. The Morgan fingerprint density at radius 2 is 2.00 bits per heavy atom. The van der Waals surface area contributed by atoms with Crippen LogP contribution in [-0.2, 0) is 0 Å². The third-order valence-corrected chi connectivity index (χ3v) is 3.21. The van der Waals surface area contributed by atoms with E-state index in [-0.39, 0.29) is 0 Å². The van der Waals surface area contributed by atoms with E-state index in [1.807, 2.05) is 6.08 Å². The molecule has 1 aliphatic heterocycles. The van der Waals surface area contributed by atoms with E-state index in [0.29, 0.717) is 6.04 Å². The predicted octanol–water partition coefficient (Wildman–Crippen LogP) is 0.788. The molecule has 0 aliphatic carbocycles. The van der Waals surface area contributed by atoms with E-state index >= 15 is 0 Å². The van der Waals surface area contributed by atoms with Crippen molar-refractivity contribution < 1.29 is 0 Å². The number of piperazine rings is 1. The molecule has 3 nitrogen and oxygen atoms in total. The summed E-state index contributed by atoms with van der Waals surface area (Å²) in [7, 11) is 0. The van der Waals surface area contributed by atoms with Gasteiger partial charge in [0, 0.05) is 45.3 Å². The van der Waals surface area contributed by atoms with Crippen LogP contribution in [0.25, 0.3) is 0 Å². The van der Waals surface area contributed by atoms with E-state index < -0.39 is 0 Å². The SMILES string of the molecule is C=CCNCC(C)N1CCN(CC)CC1. The van der Waals surface area contributed by atoms with Gasteiger partial charge in [-0.15, -0.1) is 6.58 Å². The Morgan fingerprint density at radius 3 is 2.53 bits per heavy atom. The molecule has 0 radical (unpaired) electrons. The summed E-state index contributed by atoms with van der Waals surface area (Å²) in [6, 6.07) is 0.643. The third kappa shape index (κ3) is 4.33. The Kier molecular flexibility index (Phi) is 5.91. The molecule has 0 saturated carbocycles. The fourth-order valence-electron chi connectivity index (χ4n) is 2.04. The molecule has 0 bridgehead atoms. The van der Waals surface area contributed by atoms with Crippen LogP contribution in [-0.4, -0.2) is 61.7 Å². The van der Waals surface area contributed by atoms with Gasteiger partial charge in [-0.05, 0) is 13.5 Å². The van der Waals surface area contributed by atoms with Crippen LogP contribution in [0.2, 0.25) is 0 Å². The van der Waals surface area contributed by atoms with Crippen molar-refractivity contribution in [2.24, 2.45) is 0 Å². The molecule has 1 fully saturated rings. The van der Waals surface area contributed by atoms with Crippen molar-refractivity contribution in [1.29, 1.82) is 0 Å². The zero-order valence-electron chi connectivity index (χ0n) is 10.2. The molecule has 15 heavy (non-hydrogen) atoms. The van der Waals surface area contributed by atoms with Crippen LogP contribution >= 0.6 is 0 Å². The first-order chi connectivity index (χ1) is 7.27. The molecule has 0 spiro atoms. The predicted molar refractivity (Wildman–Crippen MR) is 66.2 cm³/mol. The number of hydrogen-bond donors (Lipinski definition) is 1. The van der Waals surface area contributed by atoms with Crippen molar-refractivity contribution in [1.82, 2.24) is 15.1 Å². The Bertz CT molecular complexity index is 174. The Labute approximate surface area is 94.1 Å². The van der Waals surface area contributed by atoms with Gasteiger partial charge >= 0.3 is 0 Å². The maximum atomic E-state index is 3.71. The second-order valence-corrected chi connectivity index (χ2v) is 4.27. The summed E-state index contributed by atoms with van der Waals surface area (Å²) in [4.78, 5) is 5.09. The zero-order valence-corrected chi connectivity index (χ0v) is 10.2. The smallest absolute Gasteiger partial charge is 0.0193 e. The highest BCUT2D eigenvalue weighted by atomic mass is 15.3. The third-order valence-electron chi connectivity index (χ3n) is 3.21. The molecule has 88 valence electrons. The van der Waals surface area contributed by atoms with Crippen LogP contribution in [0.4, 0.5) is 0 Å². The molecular weight excluding hydrogens is 186 g/mol. The van der Waals surface area contributed by atoms with Gasteiger partial charge in [0.1, 0.15) is 0 Å². The first-order valence-electron chi connectivity index (χ1n) is 6.06. The minimum Gasteiger partial charge on any atom is -0.312 e. The number of hydrogen-bond acceptors (Lipinski definition) is 3. The summed E-state index contributed by atoms with van der Waals surface area (Å²) in [6.45, 7) is 16.3. The van der Waals surface area contributed by atoms with Gasteiger partial charge in [-0.25, -0.2) is 0 Å². The van der Waals surface area contributed by atoms with Crippen molar-refractivity contribution in [3.63, 3.8) is 0 Å². The Balaban J connectivity index is 2.17. The lowest BCUT2D eigenvalue weighted by Crippen LogP contribution is -2.51. The van der Waals surface area contributed by atoms with Gasteiger partial charge in [0.25, 0.3) is 0 Å². The van der Waals surface area contributed by atoms with E-state index in [2.05, 4.69) is 35.5 Å². The van der Waals surface area contributed by atoms with E-state index in [4.69, 9.17) is 0 Å². The molecule has 1 atom stereocenters. The maximum Gasteiger partial charge on any atom is 0.0193 e. The van der Waals surface area contributed by atoms with Gasteiger partial charge in [0.05, 0.1) is 0 Å². The number of likely N-dealkylation sites (N-methyl/N-ethyl adjacent to an activating group) is 1. The fraction of sp³-hybridized carbons (Fsp3) is 0.833. The highest BCUT2D eigenvalue weighted by Crippen LogP contribution is 2.05.